The highest BCUT2D eigenvalue weighted by Crippen LogP contribution is 2.22. The first-order valence-electron chi connectivity index (χ1n) is 7.04. The van der Waals surface area contributed by atoms with E-state index in [0.29, 0.717) is 5.88 Å². The fourth-order valence-corrected chi connectivity index (χ4v) is 2.72. The SMILES string of the molecule is CCCCOCCCn1c(CCl)nc2ccc(Br)cc21. The van der Waals surface area contributed by atoms with Gasteiger partial charge in [-0.05, 0) is 31.0 Å². The molecule has 0 atom stereocenters. The third-order valence-electron chi connectivity index (χ3n) is 3.22. The van der Waals surface area contributed by atoms with Crippen LogP contribution in [0.4, 0.5) is 0 Å². The molecule has 0 radical (unpaired) electrons. The first kappa shape index (κ1) is 15.8. The predicted octanol–water partition coefficient (Wildman–Crippen LogP) is 4.74. The van der Waals surface area contributed by atoms with Gasteiger partial charge in [-0.15, -0.1) is 11.6 Å². The Kier molecular flexibility index (Phi) is 6.33. The number of hydrogen-bond acceptors (Lipinski definition) is 2. The monoisotopic (exact) mass is 358 g/mol. The lowest BCUT2D eigenvalue weighted by atomic mass is 10.3. The minimum atomic E-state index is 0.434. The van der Waals surface area contributed by atoms with Crippen molar-refractivity contribution in [3.8, 4) is 0 Å². The summed E-state index contributed by atoms with van der Waals surface area (Å²) in [7, 11) is 0. The smallest absolute Gasteiger partial charge is 0.124 e. The molecule has 1 heterocycles. The van der Waals surface area contributed by atoms with Crippen molar-refractivity contribution in [1.82, 2.24) is 9.55 Å². The molecule has 0 saturated heterocycles. The first-order valence-corrected chi connectivity index (χ1v) is 8.37. The molecule has 0 spiro atoms. The Balaban J connectivity index is 2.02. The summed E-state index contributed by atoms with van der Waals surface area (Å²) in [6, 6.07) is 6.12. The standard InChI is InChI=1S/C15H20BrClN2O/c1-2-3-8-20-9-4-7-19-14-10-12(16)5-6-13(14)18-15(19)11-17/h5-6,10H,2-4,7-9,11H2,1H3. The second-order valence-electron chi connectivity index (χ2n) is 4.77. The van der Waals surface area contributed by atoms with Crippen LogP contribution in [0.15, 0.2) is 22.7 Å². The Hall–Kier alpha value is -0.580. The van der Waals surface area contributed by atoms with Crippen LogP contribution in [-0.4, -0.2) is 22.8 Å². The Morgan fingerprint density at radius 2 is 2.10 bits per heavy atom. The third kappa shape index (κ3) is 3.96. The summed E-state index contributed by atoms with van der Waals surface area (Å²) in [5.41, 5.74) is 2.12. The molecule has 20 heavy (non-hydrogen) atoms. The molecule has 3 nitrogen and oxygen atoms in total. The van der Waals surface area contributed by atoms with Crippen LogP contribution in [-0.2, 0) is 17.2 Å². The highest BCUT2D eigenvalue weighted by atomic mass is 79.9. The molecule has 2 aromatic rings. The number of unbranched alkanes of at least 4 members (excludes halogenated alkanes) is 1. The van der Waals surface area contributed by atoms with Crippen molar-refractivity contribution >= 4 is 38.6 Å². The van der Waals surface area contributed by atoms with Crippen LogP contribution in [0.25, 0.3) is 11.0 Å². The van der Waals surface area contributed by atoms with Gasteiger partial charge in [0.2, 0.25) is 0 Å². The molecule has 2 rings (SSSR count). The number of hydrogen-bond donors (Lipinski definition) is 0. The average Bonchev–Trinajstić information content (AvgIpc) is 2.80. The van der Waals surface area contributed by atoms with Crippen LogP contribution in [0.2, 0.25) is 0 Å². The van der Waals surface area contributed by atoms with Crippen molar-refractivity contribution in [2.24, 2.45) is 0 Å². The van der Waals surface area contributed by atoms with Gasteiger partial charge in [0.05, 0.1) is 16.9 Å². The van der Waals surface area contributed by atoms with Gasteiger partial charge in [-0.3, -0.25) is 0 Å². The maximum absolute atomic E-state index is 6.00. The fraction of sp³-hybridized carbons (Fsp3) is 0.533. The summed E-state index contributed by atoms with van der Waals surface area (Å²) >= 11 is 9.51. The fourth-order valence-electron chi connectivity index (χ4n) is 2.17. The molecule has 0 fully saturated rings. The van der Waals surface area contributed by atoms with Gasteiger partial charge >= 0.3 is 0 Å². The number of rotatable bonds is 8. The average molecular weight is 360 g/mol. The van der Waals surface area contributed by atoms with Gasteiger partial charge in [0, 0.05) is 24.2 Å². The van der Waals surface area contributed by atoms with Crippen molar-refractivity contribution in [2.75, 3.05) is 13.2 Å². The first-order chi connectivity index (χ1) is 9.76. The Labute approximate surface area is 133 Å². The molecule has 5 heteroatoms. The molecule has 0 unspecified atom stereocenters. The molecule has 0 aliphatic heterocycles. The lowest BCUT2D eigenvalue weighted by molar-refractivity contribution is 0.126. The normalized spacial score (nSPS) is 11.3. The van der Waals surface area contributed by atoms with Gasteiger partial charge in [0.15, 0.2) is 0 Å². The minimum absolute atomic E-state index is 0.434. The van der Waals surface area contributed by atoms with Crippen LogP contribution in [0.3, 0.4) is 0 Å². The lowest BCUT2D eigenvalue weighted by Gasteiger charge is -2.08. The third-order valence-corrected chi connectivity index (χ3v) is 3.95. The van der Waals surface area contributed by atoms with E-state index in [0.717, 1.165) is 53.9 Å². The topological polar surface area (TPSA) is 27.1 Å². The van der Waals surface area contributed by atoms with Crippen molar-refractivity contribution in [3.63, 3.8) is 0 Å². The number of alkyl halides is 1. The summed E-state index contributed by atoms with van der Waals surface area (Å²) < 4.78 is 8.86. The van der Waals surface area contributed by atoms with Gasteiger partial charge in [-0.2, -0.15) is 0 Å². The van der Waals surface area contributed by atoms with Crippen molar-refractivity contribution in [3.05, 3.63) is 28.5 Å². The number of fused-ring (bicyclic) bond motifs is 1. The zero-order valence-electron chi connectivity index (χ0n) is 11.7. The number of benzene rings is 1. The van der Waals surface area contributed by atoms with E-state index in [1.54, 1.807) is 0 Å². The van der Waals surface area contributed by atoms with Crippen LogP contribution < -0.4 is 0 Å². The van der Waals surface area contributed by atoms with Gasteiger partial charge in [-0.25, -0.2) is 4.98 Å². The summed E-state index contributed by atoms with van der Waals surface area (Å²) in [6.07, 6.45) is 3.29. The minimum Gasteiger partial charge on any atom is -0.381 e. The van der Waals surface area contributed by atoms with Crippen LogP contribution in [0.5, 0.6) is 0 Å². The largest absolute Gasteiger partial charge is 0.381 e. The molecule has 0 amide bonds. The second-order valence-corrected chi connectivity index (χ2v) is 5.95. The van der Waals surface area contributed by atoms with E-state index in [-0.39, 0.29) is 0 Å². The Morgan fingerprint density at radius 3 is 2.85 bits per heavy atom. The Bertz CT molecular complexity index is 556. The van der Waals surface area contributed by atoms with E-state index in [9.17, 15) is 0 Å². The van der Waals surface area contributed by atoms with Crippen LogP contribution in [0.1, 0.15) is 32.0 Å². The number of nitrogens with zero attached hydrogens (tertiary/aromatic N) is 2. The predicted molar refractivity (Wildman–Crippen MR) is 87.3 cm³/mol. The van der Waals surface area contributed by atoms with E-state index in [4.69, 9.17) is 16.3 Å². The molecular formula is C15H20BrClN2O. The van der Waals surface area contributed by atoms with Gasteiger partial charge in [0.1, 0.15) is 5.82 Å². The van der Waals surface area contributed by atoms with Crippen LogP contribution >= 0.6 is 27.5 Å². The number of aromatic nitrogens is 2. The van der Waals surface area contributed by atoms with Gasteiger partial charge in [-0.1, -0.05) is 29.3 Å². The molecule has 0 bridgehead atoms. The van der Waals surface area contributed by atoms with Crippen LogP contribution in [0, 0.1) is 0 Å². The highest BCUT2D eigenvalue weighted by Gasteiger charge is 2.09. The maximum Gasteiger partial charge on any atom is 0.124 e. The van der Waals surface area contributed by atoms with E-state index in [2.05, 4.69) is 38.5 Å². The number of ether oxygens (including phenoxy) is 1. The van der Waals surface area contributed by atoms with Gasteiger partial charge in [0.25, 0.3) is 0 Å². The number of aryl methyl sites for hydroxylation is 1. The molecule has 0 aliphatic carbocycles. The van der Waals surface area contributed by atoms with Crippen molar-refractivity contribution in [1.29, 1.82) is 0 Å². The molecular weight excluding hydrogens is 340 g/mol. The van der Waals surface area contributed by atoms with E-state index >= 15 is 0 Å². The molecule has 0 N–H and O–H groups in total. The van der Waals surface area contributed by atoms with E-state index < -0.39 is 0 Å². The molecule has 1 aromatic heterocycles. The molecule has 110 valence electrons. The molecule has 1 aromatic carbocycles. The quantitative estimate of drug-likeness (QED) is 0.502. The number of imidazole rings is 1. The summed E-state index contributed by atoms with van der Waals surface area (Å²) in [5, 5.41) is 0. The summed E-state index contributed by atoms with van der Waals surface area (Å²) in [4.78, 5) is 4.57. The zero-order valence-corrected chi connectivity index (χ0v) is 14.1. The molecule has 0 aliphatic rings. The number of halogens is 2. The zero-order chi connectivity index (χ0) is 14.4. The second kappa shape index (κ2) is 8.01. The van der Waals surface area contributed by atoms with E-state index in [1.165, 1.54) is 6.42 Å². The van der Waals surface area contributed by atoms with E-state index in [1.807, 2.05) is 12.1 Å². The van der Waals surface area contributed by atoms with Gasteiger partial charge < -0.3 is 9.30 Å². The molecule has 0 saturated carbocycles. The Morgan fingerprint density at radius 1 is 1.30 bits per heavy atom. The maximum atomic E-state index is 6.00. The summed E-state index contributed by atoms with van der Waals surface area (Å²) in [5.74, 6) is 1.36. The summed E-state index contributed by atoms with van der Waals surface area (Å²) in [6.45, 7) is 4.71. The highest BCUT2D eigenvalue weighted by molar-refractivity contribution is 9.10. The van der Waals surface area contributed by atoms with Crippen molar-refractivity contribution in [2.45, 2.75) is 38.6 Å². The lowest BCUT2D eigenvalue weighted by Crippen LogP contribution is -2.06. The van der Waals surface area contributed by atoms with Crippen molar-refractivity contribution < 1.29 is 4.74 Å².